The summed E-state index contributed by atoms with van der Waals surface area (Å²) < 4.78 is 5.31. The maximum absolute atomic E-state index is 11.9. The van der Waals surface area contributed by atoms with E-state index >= 15 is 0 Å². The Bertz CT molecular complexity index is 366. The fourth-order valence-corrected chi connectivity index (χ4v) is 1.76. The highest BCUT2D eigenvalue weighted by molar-refractivity contribution is 5.76. The predicted molar refractivity (Wildman–Crippen MR) is 77.3 cm³/mol. The second-order valence-electron chi connectivity index (χ2n) is 5.71. The van der Waals surface area contributed by atoms with Crippen LogP contribution in [0.25, 0.3) is 0 Å². The van der Waals surface area contributed by atoms with Gasteiger partial charge in [-0.1, -0.05) is 13.0 Å². The number of carbonyl (C=O) groups excluding carboxylic acids is 2. The Morgan fingerprint density at radius 3 is 2.20 bits per heavy atom. The van der Waals surface area contributed by atoms with E-state index in [0.717, 1.165) is 6.42 Å². The predicted octanol–water partition coefficient (Wildman–Crippen LogP) is 2.17. The average molecular weight is 283 g/mol. The molecule has 1 rings (SSSR count). The Morgan fingerprint density at radius 1 is 1.15 bits per heavy atom. The van der Waals surface area contributed by atoms with Crippen LogP contribution in [0.5, 0.6) is 0 Å². The number of hydrogen-bond donors (Lipinski definition) is 1. The molecule has 1 heterocycles. The summed E-state index contributed by atoms with van der Waals surface area (Å²) in [4.78, 5) is 27.0. The zero-order valence-electron chi connectivity index (χ0n) is 12.8. The van der Waals surface area contributed by atoms with Crippen LogP contribution in [0.15, 0.2) is 12.3 Å². The number of urea groups is 1. The van der Waals surface area contributed by atoms with Crippen molar-refractivity contribution in [3.8, 4) is 0 Å². The van der Waals surface area contributed by atoms with Crippen molar-refractivity contribution in [1.82, 2.24) is 15.1 Å². The molecule has 3 amide bonds. The van der Waals surface area contributed by atoms with Crippen LogP contribution in [-0.2, 0) is 4.74 Å². The number of ether oxygens (including phenoxy) is 1. The summed E-state index contributed by atoms with van der Waals surface area (Å²) in [7, 11) is 0. The first-order valence-electron chi connectivity index (χ1n) is 7.02. The number of allylic oxidation sites excluding steroid dienone is 1. The van der Waals surface area contributed by atoms with Crippen molar-refractivity contribution in [1.29, 1.82) is 0 Å². The van der Waals surface area contributed by atoms with E-state index in [4.69, 9.17) is 4.74 Å². The summed E-state index contributed by atoms with van der Waals surface area (Å²) in [6, 6.07) is -0.126. The Morgan fingerprint density at radius 2 is 1.70 bits per heavy atom. The summed E-state index contributed by atoms with van der Waals surface area (Å²) >= 11 is 0. The van der Waals surface area contributed by atoms with Gasteiger partial charge < -0.3 is 19.9 Å². The number of nitrogens with zero attached hydrogens (tertiary/aromatic N) is 2. The molecule has 1 fully saturated rings. The van der Waals surface area contributed by atoms with Gasteiger partial charge in [0.2, 0.25) is 0 Å². The summed E-state index contributed by atoms with van der Waals surface area (Å²) in [6.07, 6.45) is 4.10. The first-order chi connectivity index (χ1) is 9.33. The quantitative estimate of drug-likeness (QED) is 0.845. The second kappa shape index (κ2) is 7.17. The topological polar surface area (TPSA) is 61.9 Å². The molecule has 6 nitrogen and oxygen atoms in total. The van der Waals surface area contributed by atoms with Gasteiger partial charge in [-0.25, -0.2) is 9.59 Å². The van der Waals surface area contributed by atoms with Crippen LogP contribution in [0.3, 0.4) is 0 Å². The van der Waals surface area contributed by atoms with Gasteiger partial charge in [-0.3, -0.25) is 0 Å². The molecule has 1 saturated heterocycles. The maximum Gasteiger partial charge on any atom is 0.410 e. The largest absolute Gasteiger partial charge is 0.444 e. The number of nitrogens with one attached hydrogen (secondary N) is 1. The fraction of sp³-hybridized carbons (Fsp3) is 0.714. The minimum atomic E-state index is -0.490. The molecular weight excluding hydrogens is 258 g/mol. The molecule has 0 aromatic carbocycles. The minimum absolute atomic E-state index is 0.126. The molecule has 0 aliphatic carbocycles. The van der Waals surface area contributed by atoms with Gasteiger partial charge in [-0.2, -0.15) is 0 Å². The highest BCUT2D eigenvalue weighted by Crippen LogP contribution is 2.11. The minimum Gasteiger partial charge on any atom is -0.444 e. The smallest absolute Gasteiger partial charge is 0.410 e. The summed E-state index contributed by atoms with van der Waals surface area (Å²) in [5.41, 5.74) is -0.490. The van der Waals surface area contributed by atoms with Crippen LogP contribution in [0.4, 0.5) is 9.59 Å². The van der Waals surface area contributed by atoms with Crippen molar-refractivity contribution in [2.24, 2.45) is 0 Å². The Balaban J connectivity index is 2.38. The standard InChI is InChI=1S/C14H25N3O3/c1-5-6-7-15-12(18)16-8-10-17(11-9-16)13(19)20-14(2,3)4/h6-7H,5,8-11H2,1-4H3,(H,15,18)/b7-6+. The zero-order valence-corrected chi connectivity index (χ0v) is 12.8. The third-order valence-corrected chi connectivity index (χ3v) is 2.78. The van der Waals surface area contributed by atoms with E-state index < -0.39 is 5.60 Å². The molecular formula is C14H25N3O3. The number of carbonyl (C=O) groups is 2. The number of piperazine rings is 1. The van der Waals surface area contributed by atoms with Gasteiger partial charge in [-0.05, 0) is 27.2 Å². The number of amides is 3. The molecule has 0 saturated carbocycles. The van der Waals surface area contributed by atoms with Gasteiger partial charge in [0.05, 0.1) is 0 Å². The lowest BCUT2D eigenvalue weighted by Crippen LogP contribution is -2.53. The molecule has 1 N–H and O–H groups in total. The Hall–Kier alpha value is -1.72. The van der Waals surface area contributed by atoms with Crippen LogP contribution in [0.1, 0.15) is 34.1 Å². The van der Waals surface area contributed by atoms with E-state index in [1.54, 1.807) is 16.0 Å². The summed E-state index contributed by atoms with van der Waals surface area (Å²) in [6.45, 7) is 9.57. The van der Waals surface area contributed by atoms with Crippen molar-refractivity contribution in [2.75, 3.05) is 26.2 Å². The molecule has 0 radical (unpaired) electrons. The van der Waals surface area contributed by atoms with E-state index in [9.17, 15) is 9.59 Å². The van der Waals surface area contributed by atoms with E-state index in [1.165, 1.54) is 0 Å². The molecule has 0 aromatic heterocycles. The Kier molecular flexibility index (Phi) is 5.85. The van der Waals surface area contributed by atoms with Crippen molar-refractivity contribution < 1.29 is 14.3 Å². The molecule has 0 atom stereocenters. The number of rotatable bonds is 2. The molecule has 0 aromatic rings. The lowest BCUT2D eigenvalue weighted by atomic mass is 10.2. The number of hydrogen-bond acceptors (Lipinski definition) is 3. The third-order valence-electron chi connectivity index (χ3n) is 2.78. The first-order valence-corrected chi connectivity index (χ1v) is 7.02. The van der Waals surface area contributed by atoms with Crippen molar-refractivity contribution in [2.45, 2.75) is 39.7 Å². The molecule has 0 spiro atoms. The molecule has 1 aliphatic rings. The van der Waals surface area contributed by atoms with Crippen LogP contribution in [0.2, 0.25) is 0 Å². The molecule has 6 heteroatoms. The normalized spacial score (nSPS) is 16.4. The van der Waals surface area contributed by atoms with Gasteiger partial charge in [0.15, 0.2) is 0 Å². The summed E-state index contributed by atoms with van der Waals surface area (Å²) in [5, 5.41) is 2.71. The molecule has 20 heavy (non-hydrogen) atoms. The van der Waals surface area contributed by atoms with Gasteiger partial charge in [-0.15, -0.1) is 0 Å². The maximum atomic E-state index is 11.9. The van der Waals surface area contributed by atoms with Crippen LogP contribution >= 0.6 is 0 Å². The van der Waals surface area contributed by atoms with E-state index in [-0.39, 0.29) is 12.1 Å². The van der Waals surface area contributed by atoms with Gasteiger partial charge in [0.25, 0.3) is 0 Å². The zero-order chi connectivity index (χ0) is 15.2. The third kappa shape index (κ3) is 5.50. The lowest BCUT2D eigenvalue weighted by Gasteiger charge is -2.35. The monoisotopic (exact) mass is 283 g/mol. The lowest BCUT2D eigenvalue weighted by molar-refractivity contribution is 0.0171. The van der Waals surface area contributed by atoms with Crippen LogP contribution in [0, 0.1) is 0 Å². The second-order valence-corrected chi connectivity index (χ2v) is 5.71. The highest BCUT2D eigenvalue weighted by Gasteiger charge is 2.27. The van der Waals surface area contributed by atoms with Crippen LogP contribution in [-0.4, -0.2) is 53.7 Å². The summed E-state index contributed by atoms with van der Waals surface area (Å²) in [5.74, 6) is 0. The molecule has 0 bridgehead atoms. The van der Waals surface area contributed by atoms with E-state index in [1.807, 2.05) is 33.8 Å². The molecule has 1 aliphatic heterocycles. The van der Waals surface area contributed by atoms with Crippen molar-refractivity contribution in [3.05, 3.63) is 12.3 Å². The SMILES string of the molecule is CC/C=C/NC(=O)N1CCN(C(=O)OC(C)(C)C)CC1. The van der Waals surface area contributed by atoms with Gasteiger partial charge in [0, 0.05) is 32.4 Å². The van der Waals surface area contributed by atoms with Gasteiger partial charge in [0.1, 0.15) is 5.60 Å². The highest BCUT2D eigenvalue weighted by atomic mass is 16.6. The Labute approximate surface area is 120 Å². The van der Waals surface area contributed by atoms with Gasteiger partial charge >= 0.3 is 12.1 Å². The molecule has 0 unspecified atom stereocenters. The van der Waals surface area contributed by atoms with E-state index in [2.05, 4.69) is 5.32 Å². The van der Waals surface area contributed by atoms with Crippen LogP contribution < -0.4 is 5.32 Å². The van der Waals surface area contributed by atoms with E-state index in [0.29, 0.717) is 26.2 Å². The molecule has 114 valence electrons. The average Bonchev–Trinajstić information content (AvgIpc) is 2.37. The van der Waals surface area contributed by atoms with Crippen molar-refractivity contribution >= 4 is 12.1 Å². The fourth-order valence-electron chi connectivity index (χ4n) is 1.76. The van der Waals surface area contributed by atoms with Crippen molar-refractivity contribution in [3.63, 3.8) is 0 Å². The first kappa shape index (κ1) is 16.3.